The van der Waals surface area contributed by atoms with Gasteiger partial charge in [0.05, 0.1) is 5.69 Å². The lowest BCUT2D eigenvalue weighted by Crippen LogP contribution is -2.41. The fourth-order valence-electron chi connectivity index (χ4n) is 3.62. The van der Waals surface area contributed by atoms with Crippen LogP contribution in [0.2, 0.25) is 0 Å². The Morgan fingerprint density at radius 2 is 1.74 bits per heavy atom. The molecule has 9 nitrogen and oxygen atoms in total. The Morgan fingerprint density at radius 1 is 1.09 bits per heavy atom. The quantitative estimate of drug-likeness (QED) is 0.377. The first kappa shape index (κ1) is 27.5. The molecule has 0 spiro atoms. The largest absolute Gasteiger partial charge is 0.480 e. The summed E-state index contributed by atoms with van der Waals surface area (Å²) in [6.45, 7) is 6.92. The van der Waals surface area contributed by atoms with Gasteiger partial charge in [-0.2, -0.15) is 0 Å². The lowest BCUT2D eigenvalue weighted by Gasteiger charge is -2.25. The summed E-state index contributed by atoms with van der Waals surface area (Å²) in [7, 11) is 1.62. The highest BCUT2D eigenvalue weighted by atomic mass is 16.4. The Balaban J connectivity index is 2.09. The van der Waals surface area contributed by atoms with E-state index in [0.29, 0.717) is 36.7 Å². The first-order chi connectivity index (χ1) is 16.7. The number of nitrogens with zero attached hydrogens (tertiary/aromatic N) is 2. The average Bonchev–Trinajstić information content (AvgIpc) is 2.85. The van der Waals surface area contributed by atoms with Crippen LogP contribution in [0.4, 0.5) is 16.2 Å². The van der Waals surface area contributed by atoms with E-state index >= 15 is 0 Å². The van der Waals surface area contributed by atoms with Crippen LogP contribution in [-0.4, -0.2) is 49.1 Å². The van der Waals surface area contributed by atoms with Gasteiger partial charge in [0.1, 0.15) is 6.04 Å². The molecule has 0 heterocycles. The summed E-state index contributed by atoms with van der Waals surface area (Å²) in [6.07, 6.45) is 2.50. The van der Waals surface area contributed by atoms with Gasteiger partial charge in [-0.25, -0.2) is 14.5 Å². The molecule has 35 heavy (non-hydrogen) atoms. The van der Waals surface area contributed by atoms with E-state index < -0.39 is 18.0 Å². The maximum Gasteiger partial charge on any atom is 0.335 e. The standard InChI is InChI=1S/C26H34N4O5/c1-5-19(3)27-15-21-9-13-24(18(2)14-21)29(4)26(35)30(17-32)22-10-6-20(7-11-22)8-12-23(25(33)34)28-16-31/h6-7,9-11,13-14,16-17,19,23,27H,5,8,12,15H2,1-4H3,(H,28,31)(H,33,34). The lowest BCUT2D eigenvalue weighted by atomic mass is 10.0. The van der Waals surface area contributed by atoms with E-state index in [9.17, 15) is 19.2 Å². The van der Waals surface area contributed by atoms with Crippen LogP contribution in [0.15, 0.2) is 42.5 Å². The first-order valence-corrected chi connectivity index (χ1v) is 11.6. The molecular weight excluding hydrogens is 448 g/mol. The van der Waals surface area contributed by atoms with Gasteiger partial charge in [-0.1, -0.05) is 31.2 Å². The van der Waals surface area contributed by atoms with E-state index in [-0.39, 0.29) is 6.42 Å². The highest BCUT2D eigenvalue weighted by molar-refractivity contribution is 6.13. The molecule has 0 saturated carbocycles. The summed E-state index contributed by atoms with van der Waals surface area (Å²) in [4.78, 5) is 49.1. The minimum absolute atomic E-state index is 0.217. The minimum atomic E-state index is -1.11. The van der Waals surface area contributed by atoms with Crippen molar-refractivity contribution >= 4 is 36.2 Å². The highest BCUT2D eigenvalue weighted by Crippen LogP contribution is 2.24. The molecule has 2 rings (SSSR count). The summed E-state index contributed by atoms with van der Waals surface area (Å²) >= 11 is 0. The molecular formula is C26H34N4O5. The molecule has 3 N–H and O–H groups in total. The number of hydrogen-bond acceptors (Lipinski definition) is 5. The SMILES string of the molecule is CCC(C)NCc1ccc(N(C)C(=O)N(C=O)c2ccc(CCC(NC=O)C(=O)O)cc2)c(C)c1. The molecule has 0 saturated heterocycles. The number of carboxylic acids is 1. The molecule has 2 atom stereocenters. The van der Waals surface area contributed by atoms with Crippen molar-refractivity contribution in [2.24, 2.45) is 0 Å². The predicted molar refractivity (Wildman–Crippen MR) is 136 cm³/mol. The number of hydrogen-bond donors (Lipinski definition) is 3. The van der Waals surface area contributed by atoms with Gasteiger partial charge in [0.25, 0.3) is 0 Å². The van der Waals surface area contributed by atoms with Crippen molar-refractivity contribution in [3.05, 3.63) is 59.2 Å². The third-order valence-electron chi connectivity index (χ3n) is 5.99. The second-order valence-corrected chi connectivity index (χ2v) is 8.51. The van der Waals surface area contributed by atoms with Crippen LogP contribution in [0.5, 0.6) is 0 Å². The van der Waals surface area contributed by atoms with Crippen molar-refractivity contribution < 1.29 is 24.3 Å². The monoisotopic (exact) mass is 482 g/mol. The third-order valence-corrected chi connectivity index (χ3v) is 5.99. The molecule has 188 valence electrons. The zero-order chi connectivity index (χ0) is 26.0. The number of urea groups is 1. The van der Waals surface area contributed by atoms with Gasteiger partial charge < -0.3 is 15.7 Å². The number of rotatable bonds is 13. The van der Waals surface area contributed by atoms with E-state index in [0.717, 1.165) is 34.6 Å². The smallest absolute Gasteiger partial charge is 0.335 e. The molecule has 0 radical (unpaired) electrons. The Morgan fingerprint density at radius 3 is 2.29 bits per heavy atom. The van der Waals surface area contributed by atoms with Gasteiger partial charge in [0.2, 0.25) is 12.8 Å². The zero-order valence-electron chi connectivity index (χ0n) is 20.7. The summed E-state index contributed by atoms with van der Waals surface area (Å²) in [6, 6.07) is 11.5. The maximum absolute atomic E-state index is 13.1. The van der Waals surface area contributed by atoms with Crippen molar-refractivity contribution in [1.82, 2.24) is 10.6 Å². The maximum atomic E-state index is 13.1. The van der Waals surface area contributed by atoms with Gasteiger partial charge in [0, 0.05) is 25.3 Å². The van der Waals surface area contributed by atoms with Crippen molar-refractivity contribution in [2.75, 3.05) is 16.8 Å². The van der Waals surface area contributed by atoms with Crippen molar-refractivity contribution in [2.45, 2.75) is 58.7 Å². The third kappa shape index (κ3) is 7.65. The molecule has 0 bridgehead atoms. The van der Waals surface area contributed by atoms with Crippen LogP contribution in [0.1, 0.15) is 43.4 Å². The molecule has 4 amide bonds. The van der Waals surface area contributed by atoms with Crippen LogP contribution in [-0.2, 0) is 27.3 Å². The van der Waals surface area contributed by atoms with Crippen molar-refractivity contribution in [3.63, 3.8) is 0 Å². The minimum Gasteiger partial charge on any atom is -0.480 e. The molecule has 0 fully saturated rings. The number of anilines is 2. The van der Waals surface area contributed by atoms with Gasteiger partial charge in [-0.05, 0) is 68.0 Å². The van der Waals surface area contributed by atoms with E-state index in [1.807, 2.05) is 25.1 Å². The van der Waals surface area contributed by atoms with Crippen molar-refractivity contribution in [1.29, 1.82) is 0 Å². The van der Waals surface area contributed by atoms with E-state index in [1.165, 1.54) is 4.90 Å². The highest BCUT2D eigenvalue weighted by Gasteiger charge is 2.22. The fourth-order valence-corrected chi connectivity index (χ4v) is 3.62. The number of carbonyl (C=O) groups is 4. The van der Waals surface area contributed by atoms with Crippen LogP contribution < -0.4 is 20.4 Å². The second kappa shape index (κ2) is 13.2. The number of benzene rings is 2. The Kier molecular flexibility index (Phi) is 10.4. The Bertz CT molecular complexity index is 1020. The number of carbonyl (C=O) groups excluding carboxylic acids is 3. The van der Waals surface area contributed by atoms with Gasteiger partial charge in [-0.3, -0.25) is 14.5 Å². The predicted octanol–water partition coefficient (Wildman–Crippen LogP) is 3.23. The number of aryl methyl sites for hydroxylation is 2. The van der Waals surface area contributed by atoms with Gasteiger partial charge in [-0.15, -0.1) is 0 Å². The van der Waals surface area contributed by atoms with Crippen LogP contribution in [0.25, 0.3) is 0 Å². The molecule has 2 aromatic carbocycles. The molecule has 9 heteroatoms. The van der Waals surface area contributed by atoms with E-state index in [2.05, 4.69) is 24.5 Å². The molecule has 0 aliphatic heterocycles. The zero-order valence-corrected chi connectivity index (χ0v) is 20.7. The lowest BCUT2D eigenvalue weighted by molar-refractivity contribution is -0.140. The fraction of sp³-hybridized carbons (Fsp3) is 0.385. The summed E-state index contributed by atoms with van der Waals surface area (Å²) < 4.78 is 0. The average molecular weight is 483 g/mol. The Hall–Kier alpha value is -3.72. The van der Waals surface area contributed by atoms with Gasteiger partial charge >= 0.3 is 12.0 Å². The number of amides is 4. The summed E-state index contributed by atoms with van der Waals surface area (Å²) in [5.74, 6) is -1.11. The topological polar surface area (TPSA) is 119 Å². The van der Waals surface area contributed by atoms with Crippen molar-refractivity contribution in [3.8, 4) is 0 Å². The molecule has 0 aliphatic carbocycles. The normalized spacial score (nSPS) is 12.3. The second-order valence-electron chi connectivity index (χ2n) is 8.51. The van der Waals surface area contributed by atoms with E-state index in [4.69, 9.17) is 5.11 Å². The first-order valence-electron chi connectivity index (χ1n) is 11.6. The molecule has 0 aromatic heterocycles. The number of imide groups is 1. The van der Waals surface area contributed by atoms with Crippen LogP contribution in [0.3, 0.4) is 0 Å². The number of carboxylic acid groups (broad SMARTS) is 1. The van der Waals surface area contributed by atoms with E-state index in [1.54, 1.807) is 31.3 Å². The molecule has 2 unspecified atom stereocenters. The summed E-state index contributed by atoms with van der Waals surface area (Å²) in [5, 5.41) is 14.8. The molecule has 2 aromatic rings. The summed E-state index contributed by atoms with van der Waals surface area (Å²) in [5.41, 5.74) is 3.95. The number of aliphatic carboxylic acids is 1. The Labute approximate surface area is 206 Å². The van der Waals surface area contributed by atoms with Crippen LogP contribution >= 0.6 is 0 Å². The van der Waals surface area contributed by atoms with Gasteiger partial charge in [0.15, 0.2) is 0 Å². The number of nitrogens with one attached hydrogen (secondary N) is 2. The molecule has 0 aliphatic rings. The van der Waals surface area contributed by atoms with Crippen LogP contribution in [0, 0.1) is 6.92 Å².